The molecule has 0 spiro atoms. The molecule has 144 valence electrons. The van der Waals surface area contributed by atoms with E-state index in [2.05, 4.69) is 4.90 Å². The molecule has 7 heteroatoms. The first-order chi connectivity index (χ1) is 11.0. The number of nitrogens with two attached hydrogens (primary N) is 1. The van der Waals surface area contributed by atoms with Crippen molar-refractivity contribution in [1.82, 2.24) is 9.80 Å². The normalized spacial score (nSPS) is 16.5. The highest BCUT2D eigenvalue weighted by molar-refractivity contribution is 5.94. The van der Waals surface area contributed by atoms with Crippen LogP contribution in [-0.2, 0) is 6.54 Å². The fourth-order valence-corrected chi connectivity index (χ4v) is 3.20. The Hall–Kier alpha value is -0.850. The van der Waals surface area contributed by atoms with E-state index in [9.17, 15) is 9.90 Å². The third-order valence-electron chi connectivity index (χ3n) is 4.54. The van der Waals surface area contributed by atoms with Gasteiger partial charge in [-0.25, -0.2) is 0 Å². The summed E-state index contributed by atoms with van der Waals surface area (Å²) in [7, 11) is 1.88. The maximum Gasteiger partial charge on any atom is 0.253 e. The van der Waals surface area contributed by atoms with Crippen LogP contribution in [-0.4, -0.2) is 60.1 Å². The van der Waals surface area contributed by atoms with Gasteiger partial charge in [-0.3, -0.25) is 4.79 Å². The highest BCUT2D eigenvalue weighted by atomic mass is 35.5. The molecular weight excluding hydrogens is 361 g/mol. The lowest BCUT2D eigenvalue weighted by Crippen LogP contribution is -2.41. The number of aliphatic hydroxyl groups is 1. The molecule has 1 aromatic rings. The maximum atomic E-state index is 12.5. The van der Waals surface area contributed by atoms with E-state index >= 15 is 0 Å². The molecule has 2 rings (SSSR count). The molecule has 1 aromatic carbocycles. The predicted molar refractivity (Wildman–Crippen MR) is 107 cm³/mol. The highest BCUT2D eigenvalue weighted by Crippen LogP contribution is 2.19. The summed E-state index contributed by atoms with van der Waals surface area (Å²) in [4.78, 5) is 16.6. The van der Waals surface area contributed by atoms with Gasteiger partial charge in [0, 0.05) is 32.2 Å². The Morgan fingerprint density at radius 1 is 1.28 bits per heavy atom. The van der Waals surface area contributed by atoms with Crippen LogP contribution < -0.4 is 5.73 Å². The Balaban J connectivity index is 0.00000288. The van der Waals surface area contributed by atoms with E-state index in [1.54, 1.807) is 0 Å². The Bertz CT molecular complexity index is 504. The van der Waals surface area contributed by atoms with E-state index in [1.807, 2.05) is 43.1 Å². The van der Waals surface area contributed by atoms with Crippen LogP contribution in [0.1, 0.15) is 35.7 Å². The molecule has 0 radical (unpaired) electrons. The zero-order valence-corrected chi connectivity index (χ0v) is 16.7. The average molecular weight is 392 g/mol. The Morgan fingerprint density at radius 2 is 1.84 bits per heavy atom. The fraction of sp³-hybridized carbons (Fsp3) is 0.611. The van der Waals surface area contributed by atoms with E-state index < -0.39 is 0 Å². The summed E-state index contributed by atoms with van der Waals surface area (Å²) in [6, 6.07) is 7.53. The lowest BCUT2D eigenvalue weighted by atomic mass is 9.96. The lowest BCUT2D eigenvalue weighted by molar-refractivity contribution is 0.0703. The Kier molecular flexibility index (Phi) is 11.3. The number of aliphatic hydroxyl groups excluding tert-OH is 1. The second-order valence-electron chi connectivity index (χ2n) is 6.68. The zero-order valence-electron chi connectivity index (χ0n) is 15.1. The summed E-state index contributed by atoms with van der Waals surface area (Å²) in [5, 5.41) is 9.45. The van der Waals surface area contributed by atoms with Crippen LogP contribution in [0.5, 0.6) is 0 Å². The largest absolute Gasteiger partial charge is 0.392 e. The maximum absolute atomic E-state index is 12.5. The van der Waals surface area contributed by atoms with Gasteiger partial charge in [0.2, 0.25) is 0 Å². The standard InChI is InChI=1S/C18H29N3O2.2ClH/c1-14(22)12-21-9-7-16(8-10-21)13-20(2)18(23)17-5-3-15(11-19)4-6-17;;/h3-6,14,16,22H,7-13,19H2,1-2H3;2*1H. The molecule has 0 aliphatic carbocycles. The SMILES string of the molecule is CC(O)CN1CCC(CN(C)C(=O)c2ccc(CN)cc2)CC1.Cl.Cl. The van der Waals surface area contributed by atoms with Crippen LogP contribution in [0.2, 0.25) is 0 Å². The zero-order chi connectivity index (χ0) is 16.8. The number of hydrogen-bond donors (Lipinski definition) is 2. The molecule has 25 heavy (non-hydrogen) atoms. The monoisotopic (exact) mass is 391 g/mol. The quantitative estimate of drug-likeness (QED) is 0.779. The average Bonchev–Trinajstić information content (AvgIpc) is 2.55. The molecule has 1 amide bonds. The minimum atomic E-state index is -0.271. The van der Waals surface area contributed by atoms with Gasteiger partial charge < -0.3 is 20.6 Å². The van der Waals surface area contributed by atoms with Crippen LogP contribution in [0, 0.1) is 5.92 Å². The van der Waals surface area contributed by atoms with Crippen molar-refractivity contribution in [3.05, 3.63) is 35.4 Å². The number of amides is 1. The third kappa shape index (κ3) is 7.50. The number of carbonyl (C=O) groups is 1. The van der Waals surface area contributed by atoms with Crippen molar-refractivity contribution in [2.45, 2.75) is 32.4 Å². The lowest BCUT2D eigenvalue weighted by Gasteiger charge is -2.34. The van der Waals surface area contributed by atoms with Gasteiger partial charge in [0.05, 0.1) is 6.10 Å². The summed E-state index contributed by atoms with van der Waals surface area (Å²) in [6.07, 6.45) is 1.89. The predicted octanol–water partition coefficient (Wildman–Crippen LogP) is 2.15. The second kappa shape index (κ2) is 11.7. The molecule has 1 saturated heterocycles. The van der Waals surface area contributed by atoms with Crippen LogP contribution in [0.3, 0.4) is 0 Å². The van der Waals surface area contributed by atoms with Crippen molar-refractivity contribution in [3.8, 4) is 0 Å². The van der Waals surface area contributed by atoms with E-state index in [1.165, 1.54) is 0 Å². The summed E-state index contributed by atoms with van der Waals surface area (Å²) in [5.74, 6) is 0.609. The molecule has 3 N–H and O–H groups in total. The first kappa shape index (κ1) is 24.1. The van der Waals surface area contributed by atoms with Crippen molar-refractivity contribution >= 4 is 30.7 Å². The van der Waals surface area contributed by atoms with Crippen LogP contribution >= 0.6 is 24.8 Å². The molecule has 1 atom stereocenters. The van der Waals surface area contributed by atoms with Gasteiger partial charge >= 0.3 is 0 Å². The molecule has 1 heterocycles. The van der Waals surface area contributed by atoms with Gasteiger partial charge in [-0.05, 0) is 56.5 Å². The van der Waals surface area contributed by atoms with Gasteiger partial charge in [0.1, 0.15) is 0 Å². The molecular formula is C18H31Cl2N3O2. The summed E-state index contributed by atoms with van der Waals surface area (Å²) in [6.45, 7) is 5.87. The second-order valence-corrected chi connectivity index (χ2v) is 6.68. The van der Waals surface area contributed by atoms with Gasteiger partial charge in [0.25, 0.3) is 5.91 Å². The molecule has 1 fully saturated rings. The summed E-state index contributed by atoms with van der Waals surface area (Å²) < 4.78 is 0. The summed E-state index contributed by atoms with van der Waals surface area (Å²) in [5.41, 5.74) is 7.34. The minimum absolute atomic E-state index is 0. The number of rotatable bonds is 6. The molecule has 5 nitrogen and oxygen atoms in total. The van der Waals surface area contributed by atoms with Gasteiger partial charge in [-0.15, -0.1) is 24.8 Å². The van der Waals surface area contributed by atoms with Crippen LogP contribution in [0.25, 0.3) is 0 Å². The molecule has 0 saturated carbocycles. The number of β-amino-alcohol motifs (C(OH)–C–C–N with tert-alkyl or cyclic N) is 1. The topological polar surface area (TPSA) is 69.8 Å². The van der Waals surface area contributed by atoms with Crippen molar-refractivity contribution in [2.75, 3.05) is 33.2 Å². The molecule has 0 bridgehead atoms. The number of likely N-dealkylation sites (tertiary alicyclic amines) is 1. The Morgan fingerprint density at radius 3 is 2.32 bits per heavy atom. The molecule has 1 aliphatic rings. The first-order valence-corrected chi connectivity index (χ1v) is 8.44. The van der Waals surface area contributed by atoms with Crippen molar-refractivity contribution in [1.29, 1.82) is 0 Å². The number of halogens is 2. The third-order valence-corrected chi connectivity index (χ3v) is 4.54. The van der Waals surface area contributed by atoms with Gasteiger partial charge in [0.15, 0.2) is 0 Å². The number of nitrogens with zero attached hydrogens (tertiary/aromatic N) is 2. The first-order valence-electron chi connectivity index (χ1n) is 8.44. The van der Waals surface area contributed by atoms with E-state index in [0.717, 1.165) is 50.1 Å². The van der Waals surface area contributed by atoms with Crippen LogP contribution in [0.4, 0.5) is 0 Å². The van der Waals surface area contributed by atoms with E-state index in [4.69, 9.17) is 5.73 Å². The highest BCUT2D eigenvalue weighted by Gasteiger charge is 2.23. The summed E-state index contributed by atoms with van der Waals surface area (Å²) >= 11 is 0. The van der Waals surface area contributed by atoms with Crippen molar-refractivity contribution < 1.29 is 9.90 Å². The number of piperidine rings is 1. The molecule has 1 aliphatic heterocycles. The number of benzene rings is 1. The molecule has 0 aromatic heterocycles. The van der Waals surface area contributed by atoms with Gasteiger partial charge in [-0.2, -0.15) is 0 Å². The molecule has 1 unspecified atom stereocenters. The van der Waals surface area contributed by atoms with Crippen molar-refractivity contribution in [3.63, 3.8) is 0 Å². The van der Waals surface area contributed by atoms with Gasteiger partial charge in [-0.1, -0.05) is 12.1 Å². The minimum Gasteiger partial charge on any atom is -0.392 e. The number of hydrogen-bond acceptors (Lipinski definition) is 4. The van der Waals surface area contributed by atoms with Crippen LogP contribution in [0.15, 0.2) is 24.3 Å². The smallest absolute Gasteiger partial charge is 0.253 e. The van der Waals surface area contributed by atoms with E-state index in [-0.39, 0.29) is 36.8 Å². The fourth-order valence-electron chi connectivity index (χ4n) is 3.20. The van der Waals surface area contributed by atoms with E-state index in [0.29, 0.717) is 12.5 Å². The van der Waals surface area contributed by atoms with Crippen molar-refractivity contribution in [2.24, 2.45) is 11.7 Å². The number of carbonyl (C=O) groups excluding carboxylic acids is 1. The Labute approximate surface area is 163 Å².